The van der Waals surface area contributed by atoms with E-state index in [1.807, 2.05) is 0 Å². The summed E-state index contributed by atoms with van der Waals surface area (Å²) in [7, 11) is 0. The first-order chi connectivity index (χ1) is 38.4. The van der Waals surface area contributed by atoms with E-state index in [4.69, 9.17) is 0 Å². The summed E-state index contributed by atoms with van der Waals surface area (Å²) < 4.78 is 0. The lowest BCUT2D eigenvalue weighted by atomic mass is 10.1. The topological polar surface area (TPSA) is 118 Å². The van der Waals surface area contributed by atoms with Gasteiger partial charge < -0.3 is 36.4 Å². The molecule has 0 fully saturated rings. The number of rotatable bonds is 66. The minimum Gasteiger partial charge on any atom is -0.389 e. The smallest absolute Gasteiger partial charge is 0.221 e. The van der Waals surface area contributed by atoms with E-state index in [1.165, 1.54) is 238 Å². The third-order valence-electron chi connectivity index (χ3n) is 16.1. The monoisotopic (exact) mass is 1100 g/mol. The number of hydrogen-bond acceptors (Lipinski definition) is 7. The Bertz CT molecular complexity index is 1230. The standard InChI is InChI=1S/C68H137N7O3/c1-6-10-14-18-22-26-30-34-38-42-54-70-65(5)50-62-75(64-52-68(78)73-57-45-41-37-33-29-25-21-17-13-9-4)60-47-46-59-74(63-51-67(77)72-56-44-40-36-32-28-24-20-16-12-8-3)61-48-53-69-58-49-66(76)71-55-43-39-35-31-27-23-19-15-11-7-2/h69-70H,5-64H2,1-4H3,(H,71,76)(H,72,77)(H,73,78). The zero-order valence-electron chi connectivity index (χ0n) is 53.0. The molecule has 0 atom stereocenters. The maximum Gasteiger partial charge on any atom is 0.221 e. The van der Waals surface area contributed by atoms with Gasteiger partial charge in [0.25, 0.3) is 0 Å². The predicted molar refractivity (Wildman–Crippen MR) is 342 cm³/mol. The Hall–Kier alpha value is -2.17. The van der Waals surface area contributed by atoms with Crippen LogP contribution in [0.1, 0.15) is 329 Å². The lowest BCUT2D eigenvalue weighted by Crippen LogP contribution is -2.35. The molecular formula is C68H137N7O3. The van der Waals surface area contributed by atoms with Gasteiger partial charge in [-0.2, -0.15) is 0 Å². The van der Waals surface area contributed by atoms with Gasteiger partial charge in [0.15, 0.2) is 0 Å². The zero-order chi connectivity index (χ0) is 56.7. The highest BCUT2D eigenvalue weighted by atomic mass is 16.2. The molecular weight excluding hydrogens is 963 g/mol. The van der Waals surface area contributed by atoms with Crippen LogP contribution in [0.5, 0.6) is 0 Å². The number of nitrogens with zero attached hydrogens (tertiary/aromatic N) is 2. The highest BCUT2D eigenvalue weighted by Crippen LogP contribution is 2.14. The molecule has 462 valence electrons. The van der Waals surface area contributed by atoms with Crippen molar-refractivity contribution in [3.8, 4) is 0 Å². The molecule has 5 N–H and O–H groups in total. The van der Waals surface area contributed by atoms with E-state index in [0.29, 0.717) is 25.8 Å². The highest BCUT2D eigenvalue weighted by molar-refractivity contribution is 5.76. The van der Waals surface area contributed by atoms with E-state index in [2.05, 4.69) is 70.7 Å². The first-order valence-corrected chi connectivity index (χ1v) is 34.7. The van der Waals surface area contributed by atoms with Crippen molar-refractivity contribution < 1.29 is 14.4 Å². The molecule has 0 aliphatic carbocycles. The number of carbonyl (C=O) groups is 3. The van der Waals surface area contributed by atoms with Gasteiger partial charge in [-0.05, 0) is 77.5 Å². The van der Waals surface area contributed by atoms with Gasteiger partial charge in [-0.3, -0.25) is 14.4 Å². The van der Waals surface area contributed by atoms with Crippen LogP contribution in [-0.2, 0) is 14.4 Å². The molecule has 0 aromatic heterocycles. The van der Waals surface area contributed by atoms with Crippen molar-refractivity contribution in [1.29, 1.82) is 0 Å². The van der Waals surface area contributed by atoms with Crippen molar-refractivity contribution in [2.75, 3.05) is 78.5 Å². The van der Waals surface area contributed by atoms with Crippen LogP contribution in [0.2, 0.25) is 0 Å². The van der Waals surface area contributed by atoms with Gasteiger partial charge in [-0.25, -0.2) is 0 Å². The fourth-order valence-corrected chi connectivity index (χ4v) is 10.7. The molecule has 0 aromatic rings. The molecule has 10 nitrogen and oxygen atoms in total. The fourth-order valence-electron chi connectivity index (χ4n) is 10.7. The Morgan fingerprint density at radius 1 is 0.256 bits per heavy atom. The first kappa shape index (κ1) is 75.8. The highest BCUT2D eigenvalue weighted by Gasteiger charge is 2.13. The van der Waals surface area contributed by atoms with Crippen molar-refractivity contribution in [3.05, 3.63) is 12.3 Å². The number of nitrogens with one attached hydrogen (secondary N) is 5. The lowest BCUT2D eigenvalue weighted by Gasteiger charge is -2.25. The quantitative estimate of drug-likeness (QED) is 0.0385. The lowest BCUT2D eigenvalue weighted by molar-refractivity contribution is -0.122. The van der Waals surface area contributed by atoms with Crippen LogP contribution in [0.15, 0.2) is 12.3 Å². The molecule has 0 aliphatic heterocycles. The van der Waals surface area contributed by atoms with E-state index >= 15 is 0 Å². The Balaban J connectivity index is 5.07. The number of amides is 3. The largest absolute Gasteiger partial charge is 0.389 e. The van der Waals surface area contributed by atoms with E-state index < -0.39 is 0 Å². The second-order valence-corrected chi connectivity index (χ2v) is 23.8. The van der Waals surface area contributed by atoms with Crippen LogP contribution < -0.4 is 26.6 Å². The van der Waals surface area contributed by atoms with Crippen molar-refractivity contribution >= 4 is 17.7 Å². The summed E-state index contributed by atoms with van der Waals surface area (Å²) in [4.78, 5) is 43.6. The molecule has 0 radical (unpaired) electrons. The number of carbonyl (C=O) groups excluding carboxylic acids is 3. The van der Waals surface area contributed by atoms with Gasteiger partial charge in [0.2, 0.25) is 17.7 Å². The summed E-state index contributed by atoms with van der Waals surface area (Å²) in [5.74, 6) is 0.482. The third kappa shape index (κ3) is 59.9. The van der Waals surface area contributed by atoms with Gasteiger partial charge in [-0.1, -0.05) is 265 Å². The van der Waals surface area contributed by atoms with Crippen LogP contribution in [0.25, 0.3) is 0 Å². The summed E-state index contributed by atoms with van der Waals surface area (Å²) in [6, 6.07) is 0. The summed E-state index contributed by atoms with van der Waals surface area (Å²) in [6.07, 6.45) is 58.0. The molecule has 0 rings (SSSR count). The molecule has 0 saturated heterocycles. The van der Waals surface area contributed by atoms with E-state index in [9.17, 15) is 14.4 Å². The zero-order valence-corrected chi connectivity index (χ0v) is 53.0. The van der Waals surface area contributed by atoms with Crippen LogP contribution >= 0.6 is 0 Å². The second-order valence-electron chi connectivity index (χ2n) is 23.8. The minimum absolute atomic E-state index is 0.146. The van der Waals surface area contributed by atoms with E-state index in [0.717, 1.165) is 123 Å². The predicted octanol–water partition coefficient (Wildman–Crippen LogP) is 17.0. The Morgan fingerprint density at radius 2 is 0.513 bits per heavy atom. The van der Waals surface area contributed by atoms with Crippen LogP contribution in [0.3, 0.4) is 0 Å². The SMILES string of the molecule is C=C(CCN(CCCCN(CCCNCCC(=O)NCCCCCCCCCCCC)CCC(=O)NCCCCCCCCCCCC)CCC(=O)NCCCCCCCCCCCC)NCCCCCCCCCCCC. The average molecular weight is 1100 g/mol. The first-order valence-electron chi connectivity index (χ1n) is 34.7. The summed E-state index contributed by atoms with van der Waals surface area (Å²) in [5.41, 5.74) is 1.11. The molecule has 0 unspecified atom stereocenters. The fraction of sp³-hybridized carbons (Fsp3) is 0.926. The van der Waals surface area contributed by atoms with Crippen molar-refractivity contribution in [3.63, 3.8) is 0 Å². The number of unbranched alkanes of at least 4 members (excludes halogenated alkanes) is 37. The van der Waals surface area contributed by atoms with Gasteiger partial charge in [0.05, 0.1) is 0 Å². The van der Waals surface area contributed by atoms with Crippen LogP contribution in [-0.4, -0.2) is 106 Å². The molecule has 3 amide bonds. The van der Waals surface area contributed by atoms with Crippen LogP contribution in [0.4, 0.5) is 0 Å². The Morgan fingerprint density at radius 3 is 0.846 bits per heavy atom. The van der Waals surface area contributed by atoms with E-state index in [1.54, 1.807) is 0 Å². The maximum atomic E-state index is 13.1. The molecule has 0 spiro atoms. The third-order valence-corrected chi connectivity index (χ3v) is 16.1. The number of hydrogen-bond donors (Lipinski definition) is 5. The van der Waals surface area contributed by atoms with Crippen molar-refractivity contribution in [2.24, 2.45) is 0 Å². The molecule has 0 aromatic carbocycles. The van der Waals surface area contributed by atoms with Gasteiger partial charge >= 0.3 is 0 Å². The maximum absolute atomic E-state index is 13.1. The Kier molecular flexibility index (Phi) is 62.2. The Labute approximate surface area is 486 Å². The van der Waals surface area contributed by atoms with Gasteiger partial charge in [0, 0.05) is 77.3 Å². The summed E-state index contributed by atoms with van der Waals surface area (Å²) in [5, 5.41) is 16.7. The van der Waals surface area contributed by atoms with Crippen molar-refractivity contribution in [1.82, 2.24) is 36.4 Å². The molecule has 0 heterocycles. The van der Waals surface area contributed by atoms with Gasteiger partial charge in [0.1, 0.15) is 0 Å². The second kappa shape index (κ2) is 64.0. The normalized spacial score (nSPS) is 11.5. The molecule has 10 heteroatoms. The van der Waals surface area contributed by atoms with Crippen molar-refractivity contribution in [2.45, 2.75) is 329 Å². The van der Waals surface area contributed by atoms with Gasteiger partial charge in [-0.15, -0.1) is 0 Å². The molecule has 0 bridgehead atoms. The molecule has 0 saturated carbocycles. The summed E-state index contributed by atoms with van der Waals surface area (Å²) in [6.45, 7) is 23.7. The van der Waals surface area contributed by atoms with E-state index in [-0.39, 0.29) is 17.7 Å². The minimum atomic E-state index is 0.146. The average Bonchev–Trinajstić information content (AvgIpc) is 3.44. The van der Waals surface area contributed by atoms with Crippen LogP contribution in [0, 0.1) is 0 Å². The molecule has 78 heavy (non-hydrogen) atoms. The summed E-state index contributed by atoms with van der Waals surface area (Å²) >= 11 is 0. The molecule has 0 aliphatic rings.